The summed E-state index contributed by atoms with van der Waals surface area (Å²) in [6, 6.07) is 5.19. The minimum atomic E-state index is -0.254. The van der Waals surface area contributed by atoms with Crippen LogP contribution in [0.25, 0.3) is 0 Å². The molecule has 1 fully saturated rings. The van der Waals surface area contributed by atoms with Crippen LogP contribution in [0.15, 0.2) is 18.2 Å². The van der Waals surface area contributed by atoms with Gasteiger partial charge in [-0.3, -0.25) is 0 Å². The summed E-state index contributed by atoms with van der Waals surface area (Å²) >= 11 is 5.67. The van der Waals surface area contributed by atoms with Crippen LogP contribution in [0.2, 0.25) is 5.02 Å². The summed E-state index contributed by atoms with van der Waals surface area (Å²) < 4.78 is 13.4. The van der Waals surface area contributed by atoms with Crippen molar-refractivity contribution in [2.24, 2.45) is 5.92 Å². The van der Waals surface area contributed by atoms with E-state index in [0.717, 1.165) is 25.1 Å². The lowest BCUT2D eigenvalue weighted by Crippen LogP contribution is -2.43. The van der Waals surface area contributed by atoms with Gasteiger partial charge in [0, 0.05) is 0 Å². The van der Waals surface area contributed by atoms with Gasteiger partial charge in [-0.2, -0.15) is 0 Å². The fourth-order valence-electron chi connectivity index (χ4n) is 1.51. The molecule has 0 bridgehead atoms. The molecule has 1 heterocycles. The molecule has 1 saturated heterocycles. The highest BCUT2D eigenvalue weighted by Gasteiger charge is 2.19. The second kappa shape index (κ2) is 3.64. The predicted molar refractivity (Wildman–Crippen MR) is 51.5 cm³/mol. The van der Waals surface area contributed by atoms with Crippen LogP contribution in [0.4, 0.5) is 4.39 Å². The number of nitrogens with one attached hydrogen (secondary N) is 1. The van der Waals surface area contributed by atoms with Crippen molar-refractivity contribution in [1.29, 1.82) is 0 Å². The van der Waals surface area contributed by atoms with E-state index in [1.54, 1.807) is 18.2 Å². The summed E-state index contributed by atoms with van der Waals surface area (Å²) in [6.45, 7) is 1.98. The average Bonchev–Trinajstić information content (AvgIpc) is 2.04. The van der Waals surface area contributed by atoms with Gasteiger partial charge in [-0.1, -0.05) is 23.7 Å². The summed E-state index contributed by atoms with van der Waals surface area (Å²) in [6.07, 6.45) is 0.791. The van der Waals surface area contributed by atoms with Gasteiger partial charge in [-0.25, -0.2) is 4.39 Å². The van der Waals surface area contributed by atoms with Crippen molar-refractivity contribution in [3.05, 3.63) is 34.6 Å². The zero-order valence-electron chi connectivity index (χ0n) is 7.19. The molecule has 1 aromatic rings. The normalized spacial score (nSPS) is 17.1. The molecule has 1 nitrogen and oxygen atoms in total. The predicted octanol–water partition coefficient (Wildman–Crippen LogP) is 2.24. The SMILES string of the molecule is Fc1c(Cl)cccc1CC1CNC1. The molecule has 0 unspecified atom stereocenters. The first-order valence-electron chi connectivity index (χ1n) is 4.41. The Morgan fingerprint density at radius 3 is 2.85 bits per heavy atom. The highest BCUT2D eigenvalue weighted by Crippen LogP contribution is 2.21. The third kappa shape index (κ3) is 1.84. The molecule has 0 saturated carbocycles. The first-order chi connectivity index (χ1) is 6.27. The van der Waals surface area contributed by atoms with Gasteiger partial charge in [0.2, 0.25) is 0 Å². The van der Waals surface area contributed by atoms with Crippen molar-refractivity contribution >= 4 is 11.6 Å². The Morgan fingerprint density at radius 2 is 2.23 bits per heavy atom. The Labute approximate surface area is 81.9 Å². The molecular weight excluding hydrogens is 189 g/mol. The second-order valence-corrected chi connectivity index (χ2v) is 3.85. The number of benzene rings is 1. The van der Waals surface area contributed by atoms with E-state index >= 15 is 0 Å². The van der Waals surface area contributed by atoms with E-state index in [-0.39, 0.29) is 10.8 Å². The van der Waals surface area contributed by atoms with Crippen molar-refractivity contribution in [2.75, 3.05) is 13.1 Å². The first kappa shape index (κ1) is 8.97. The maximum Gasteiger partial charge on any atom is 0.144 e. The van der Waals surface area contributed by atoms with Crippen LogP contribution < -0.4 is 5.32 Å². The zero-order valence-corrected chi connectivity index (χ0v) is 7.94. The molecule has 3 heteroatoms. The van der Waals surface area contributed by atoms with E-state index in [0.29, 0.717) is 5.92 Å². The van der Waals surface area contributed by atoms with E-state index < -0.39 is 0 Å². The fraction of sp³-hybridized carbons (Fsp3) is 0.400. The van der Waals surface area contributed by atoms with Crippen LogP contribution in [0.1, 0.15) is 5.56 Å². The highest BCUT2D eigenvalue weighted by molar-refractivity contribution is 6.30. The van der Waals surface area contributed by atoms with Crippen LogP contribution >= 0.6 is 11.6 Å². The van der Waals surface area contributed by atoms with Gasteiger partial charge in [0.1, 0.15) is 5.82 Å². The molecule has 13 heavy (non-hydrogen) atoms. The number of hydrogen-bond acceptors (Lipinski definition) is 1. The summed E-state index contributed by atoms with van der Waals surface area (Å²) in [5, 5.41) is 3.39. The highest BCUT2D eigenvalue weighted by atomic mass is 35.5. The zero-order chi connectivity index (χ0) is 9.26. The third-order valence-corrected chi connectivity index (χ3v) is 2.70. The molecule has 0 spiro atoms. The van der Waals surface area contributed by atoms with Gasteiger partial charge in [-0.05, 0) is 37.1 Å². The largest absolute Gasteiger partial charge is 0.316 e. The smallest absolute Gasteiger partial charge is 0.144 e. The number of halogens is 2. The standard InChI is InChI=1S/C10H11ClFN/c11-9-3-1-2-8(10(9)12)4-7-5-13-6-7/h1-3,7,13H,4-6H2. The van der Waals surface area contributed by atoms with E-state index in [2.05, 4.69) is 5.32 Å². The summed E-state index contributed by atoms with van der Waals surface area (Å²) in [4.78, 5) is 0. The molecular formula is C10H11ClFN. The van der Waals surface area contributed by atoms with Gasteiger partial charge < -0.3 is 5.32 Å². The van der Waals surface area contributed by atoms with Crippen molar-refractivity contribution < 1.29 is 4.39 Å². The van der Waals surface area contributed by atoms with Crippen LogP contribution in [0.5, 0.6) is 0 Å². The third-order valence-electron chi connectivity index (χ3n) is 2.41. The van der Waals surface area contributed by atoms with Gasteiger partial charge in [0.05, 0.1) is 5.02 Å². The van der Waals surface area contributed by atoms with E-state index in [9.17, 15) is 4.39 Å². The fourth-order valence-corrected chi connectivity index (χ4v) is 1.70. The van der Waals surface area contributed by atoms with Crippen molar-refractivity contribution in [1.82, 2.24) is 5.32 Å². The van der Waals surface area contributed by atoms with E-state index in [1.165, 1.54) is 0 Å². The summed E-state index contributed by atoms with van der Waals surface area (Å²) in [7, 11) is 0. The average molecular weight is 200 g/mol. The molecule has 1 N–H and O–H groups in total. The second-order valence-electron chi connectivity index (χ2n) is 3.44. The van der Waals surface area contributed by atoms with Crippen LogP contribution in [0, 0.1) is 11.7 Å². The molecule has 1 aliphatic rings. The van der Waals surface area contributed by atoms with Crippen LogP contribution in [-0.2, 0) is 6.42 Å². The minimum absolute atomic E-state index is 0.227. The Balaban J connectivity index is 2.14. The van der Waals surface area contributed by atoms with Crippen molar-refractivity contribution in [3.8, 4) is 0 Å². The topological polar surface area (TPSA) is 12.0 Å². The molecule has 0 atom stereocenters. The van der Waals surface area contributed by atoms with Crippen LogP contribution in [-0.4, -0.2) is 13.1 Å². The molecule has 0 aliphatic carbocycles. The van der Waals surface area contributed by atoms with Gasteiger partial charge >= 0.3 is 0 Å². The lowest BCUT2D eigenvalue weighted by atomic mass is 9.94. The Morgan fingerprint density at radius 1 is 1.46 bits per heavy atom. The van der Waals surface area contributed by atoms with Gasteiger partial charge in [-0.15, -0.1) is 0 Å². The summed E-state index contributed by atoms with van der Waals surface area (Å²) in [5.74, 6) is 0.323. The van der Waals surface area contributed by atoms with E-state index in [4.69, 9.17) is 11.6 Å². The van der Waals surface area contributed by atoms with Gasteiger partial charge in [0.15, 0.2) is 0 Å². The molecule has 70 valence electrons. The quantitative estimate of drug-likeness (QED) is 0.771. The maximum absolute atomic E-state index is 13.4. The Hall–Kier alpha value is -0.600. The molecule has 0 aromatic heterocycles. The lowest BCUT2D eigenvalue weighted by molar-refractivity contribution is 0.343. The lowest BCUT2D eigenvalue weighted by Gasteiger charge is -2.27. The van der Waals surface area contributed by atoms with E-state index in [1.807, 2.05) is 0 Å². The molecule has 1 aliphatic heterocycles. The van der Waals surface area contributed by atoms with Gasteiger partial charge in [0.25, 0.3) is 0 Å². The van der Waals surface area contributed by atoms with Crippen LogP contribution in [0.3, 0.4) is 0 Å². The van der Waals surface area contributed by atoms with Crippen molar-refractivity contribution in [3.63, 3.8) is 0 Å². The Kier molecular flexibility index (Phi) is 2.51. The monoisotopic (exact) mass is 199 g/mol. The molecule has 0 amide bonds. The number of hydrogen-bond donors (Lipinski definition) is 1. The minimum Gasteiger partial charge on any atom is -0.316 e. The molecule has 1 aromatic carbocycles. The van der Waals surface area contributed by atoms with Crippen molar-refractivity contribution in [2.45, 2.75) is 6.42 Å². The Bertz CT molecular complexity index is 310. The summed E-state index contributed by atoms with van der Waals surface area (Å²) in [5.41, 5.74) is 0.735. The molecule has 2 rings (SSSR count). The first-order valence-corrected chi connectivity index (χ1v) is 4.79. The number of rotatable bonds is 2. The molecule has 0 radical (unpaired) electrons. The maximum atomic E-state index is 13.4.